The van der Waals surface area contributed by atoms with Crippen LogP contribution in [0.1, 0.15) is 27.7 Å². The molecule has 1 amide bonds. The second kappa shape index (κ2) is 9.90. The van der Waals surface area contributed by atoms with E-state index in [1.807, 2.05) is 60.4 Å². The Bertz CT molecular complexity index is 1290. The predicted molar refractivity (Wildman–Crippen MR) is 129 cm³/mol. The van der Waals surface area contributed by atoms with Crippen LogP contribution in [0.15, 0.2) is 62.4 Å². The molecule has 1 aliphatic rings. The molecule has 4 aromatic rings. The van der Waals surface area contributed by atoms with Crippen LogP contribution in [-0.4, -0.2) is 59.1 Å². The van der Waals surface area contributed by atoms with Gasteiger partial charge >= 0.3 is 0 Å². The van der Waals surface area contributed by atoms with Crippen molar-refractivity contribution in [3.63, 3.8) is 0 Å². The number of hydrogen-bond donors (Lipinski definition) is 0. The number of aryl methyl sites for hydroxylation is 1. The number of carbonyl (C=O) groups is 1. The van der Waals surface area contributed by atoms with Crippen LogP contribution in [0.4, 0.5) is 0 Å². The minimum atomic E-state index is 0.0630. The summed E-state index contributed by atoms with van der Waals surface area (Å²) in [4.78, 5) is 23.0. The lowest BCUT2D eigenvalue weighted by atomic mass is 10.2. The second-order valence-corrected chi connectivity index (χ2v) is 9.24. The lowest BCUT2D eigenvalue weighted by molar-refractivity contribution is 0.0615. The molecular weight excluding hydrogens is 452 g/mol. The molecule has 0 N–H and O–H groups in total. The van der Waals surface area contributed by atoms with E-state index in [1.165, 1.54) is 0 Å². The molecule has 9 heteroatoms. The van der Waals surface area contributed by atoms with E-state index in [9.17, 15) is 4.79 Å². The van der Waals surface area contributed by atoms with Gasteiger partial charge in [0.1, 0.15) is 17.0 Å². The Kier molecular flexibility index (Phi) is 6.55. The van der Waals surface area contributed by atoms with Crippen LogP contribution < -0.4 is 4.74 Å². The lowest BCUT2D eigenvalue weighted by Gasteiger charge is -2.34. The third-order valence-electron chi connectivity index (χ3n) is 5.83. The van der Waals surface area contributed by atoms with E-state index in [1.54, 1.807) is 18.9 Å². The SMILES string of the molecule is COc1ccc2nc(CN3CCN(C(=O)c4ccccc4SCc4cc(C)on4)CC3)oc2c1. The Morgan fingerprint density at radius 3 is 2.71 bits per heavy atom. The summed E-state index contributed by atoms with van der Waals surface area (Å²) in [6.45, 7) is 5.34. The molecule has 0 radical (unpaired) electrons. The van der Waals surface area contributed by atoms with Crippen molar-refractivity contribution in [2.45, 2.75) is 24.1 Å². The van der Waals surface area contributed by atoms with Crippen LogP contribution in [0.3, 0.4) is 0 Å². The second-order valence-electron chi connectivity index (χ2n) is 8.22. The molecule has 34 heavy (non-hydrogen) atoms. The van der Waals surface area contributed by atoms with Gasteiger partial charge < -0.3 is 18.6 Å². The number of methoxy groups -OCH3 is 1. The maximum Gasteiger partial charge on any atom is 0.255 e. The number of amides is 1. The number of rotatable bonds is 7. The summed E-state index contributed by atoms with van der Waals surface area (Å²) in [5, 5.41) is 4.04. The molecule has 3 heterocycles. The normalized spacial score (nSPS) is 14.6. The van der Waals surface area contributed by atoms with E-state index >= 15 is 0 Å². The van der Waals surface area contributed by atoms with Crippen LogP contribution in [0.2, 0.25) is 0 Å². The average molecular weight is 479 g/mol. The van der Waals surface area contributed by atoms with Gasteiger partial charge in [0, 0.05) is 49.0 Å². The van der Waals surface area contributed by atoms with Crippen LogP contribution in [0.5, 0.6) is 5.75 Å². The van der Waals surface area contributed by atoms with Crippen molar-refractivity contribution < 1.29 is 18.5 Å². The summed E-state index contributed by atoms with van der Waals surface area (Å²) < 4.78 is 16.3. The lowest BCUT2D eigenvalue weighted by Crippen LogP contribution is -2.48. The minimum absolute atomic E-state index is 0.0630. The van der Waals surface area contributed by atoms with Gasteiger partial charge in [-0.2, -0.15) is 0 Å². The molecule has 0 atom stereocenters. The third kappa shape index (κ3) is 4.95. The number of thioether (sulfide) groups is 1. The zero-order chi connectivity index (χ0) is 23.5. The predicted octanol–water partition coefficient (Wildman–Crippen LogP) is 4.38. The molecule has 0 saturated carbocycles. The number of aromatic nitrogens is 2. The van der Waals surface area contributed by atoms with E-state index in [4.69, 9.17) is 13.7 Å². The molecule has 1 fully saturated rings. The minimum Gasteiger partial charge on any atom is -0.497 e. The molecule has 5 rings (SSSR count). The Labute approximate surface area is 201 Å². The first-order chi connectivity index (χ1) is 16.6. The zero-order valence-corrected chi connectivity index (χ0v) is 20.0. The van der Waals surface area contributed by atoms with Crippen LogP contribution in [0.25, 0.3) is 11.1 Å². The first-order valence-electron chi connectivity index (χ1n) is 11.2. The Balaban J connectivity index is 1.19. The maximum absolute atomic E-state index is 13.3. The number of hydrogen-bond acceptors (Lipinski definition) is 8. The van der Waals surface area contributed by atoms with Crippen molar-refractivity contribution in [1.82, 2.24) is 19.9 Å². The zero-order valence-electron chi connectivity index (χ0n) is 19.2. The molecule has 176 valence electrons. The molecule has 2 aromatic heterocycles. The molecule has 1 aliphatic heterocycles. The fourth-order valence-electron chi connectivity index (χ4n) is 4.02. The van der Waals surface area contributed by atoms with E-state index in [-0.39, 0.29) is 5.91 Å². The highest BCUT2D eigenvalue weighted by molar-refractivity contribution is 7.98. The average Bonchev–Trinajstić information content (AvgIpc) is 3.47. The highest BCUT2D eigenvalue weighted by atomic mass is 32.2. The molecule has 1 saturated heterocycles. The van der Waals surface area contributed by atoms with Gasteiger partial charge in [0.15, 0.2) is 5.58 Å². The highest BCUT2D eigenvalue weighted by Crippen LogP contribution is 2.28. The van der Waals surface area contributed by atoms with Crippen molar-refractivity contribution in [2.24, 2.45) is 0 Å². The maximum atomic E-state index is 13.3. The molecule has 0 spiro atoms. The van der Waals surface area contributed by atoms with Gasteiger partial charge in [-0.3, -0.25) is 9.69 Å². The molecular formula is C25H26N4O4S. The standard InChI is InChI=1S/C25H26N4O4S/c1-17-13-18(27-33-17)16-34-23-6-4-3-5-20(23)25(30)29-11-9-28(10-12-29)15-24-26-21-8-7-19(31-2)14-22(21)32-24/h3-8,13-14H,9-12,15-16H2,1-2H3. The van der Waals surface area contributed by atoms with E-state index in [0.29, 0.717) is 31.3 Å². The van der Waals surface area contributed by atoms with Crippen LogP contribution in [-0.2, 0) is 12.3 Å². The van der Waals surface area contributed by atoms with Gasteiger partial charge in [0.05, 0.1) is 24.9 Å². The largest absolute Gasteiger partial charge is 0.497 e. The molecule has 2 aromatic carbocycles. The Morgan fingerprint density at radius 2 is 1.94 bits per heavy atom. The van der Waals surface area contributed by atoms with Crippen molar-refractivity contribution in [3.05, 3.63) is 71.4 Å². The van der Waals surface area contributed by atoms with E-state index in [0.717, 1.165) is 51.9 Å². The first kappa shape index (κ1) is 22.5. The molecule has 8 nitrogen and oxygen atoms in total. The summed E-state index contributed by atoms with van der Waals surface area (Å²) in [6.07, 6.45) is 0. The molecule has 0 unspecified atom stereocenters. The third-order valence-corrected chi connectivity index (χ3v) is 6.94. The fourth-order valence-corrected chi connectivity index (χ4v) is 4.95. The van der Waals surface area contributed by atoms with Crippen molar-refractivity contribution in [2.75, 3.05) is 33.3 Å². The van der Waals surface area contributed by atoms with Crippen molar-refractivity contribution in [3.8, 4) is 5.75 Å². The Hall–Kier alpha value is -3.30. The number of fused-ring (bicyclic) bond motifs is 1. The van der Waals surface area contributed by atoms with Crippen LogP contribution >= 0.6 is 11.8 Å². The number of ether oxygens (including phenoxy) is 1. The number of nitrogens with zero attached hydrogens (tertiary/aromatic N) is 4. The van der Waals surface area contributed by atoms with Gasteiger partial charge in [-0.05, 0) is 31.2 Å². The topological polar surface area (TPSA) is 84.8 Å². The van der Waals surface area contributed by atoms with Gasteiger partial charge in [-0.15, -0.1) is 11.8 Å². The highest BCUT2D eigenvalue weighted by Gasteiger charge is 2.25. The quantitative estimate of drug-likeness (QED) is 0.362. The van der Waals surface area contributed by atoms with Gasteiger partial charge in [-0.25, -0.2) is 4.98 Å². The Morgan fingerprint density at radius 1 is 1.12 bits per heavy atom. The summed E-state index contributed by atoms with van der Waals surface area (Å²) in [5.74, 6) is 2.93. The number of oxazole rings is 1. The van der Waals surface area contributed by atoms with Gasteiger partial charge in [0.25, 0.3) is 5.91 Å². The van der Waals surface area contributed by atoms with E-state index < -0.39 is 0 Å². The monoisotopic (exact) mass is 478 g/mol. The van der Waals surface area contributed by atoms with Crippen LogP contribution in [0, 0.1) is 6.92 Å². The first-order valence-corrected chi connectivity index (χ1v) is 12.2. The summed E-state index contributed by atoms with van der Waals surface area (Å²) in [7, 11) is 1.63. The summed E-state index contributed by atoms with van der Waals surface area (Å²) >= 11 is 1.60. The van der Waals surface area contributed by atoms with Gasteiger partial charge in [-0.1, -0.05) is 17.3 Å². The van der Waals surface area contributed by atoms with Crippen molar-refractivity contribution in [1.29, 1.82) is 0 Å². The number of piperazine rings is 1. The van der Waals surface area contributed by atoms with Gasteiger partial charge in [0.2, 0.25) is 5.89 Å². The fraction of sp³-hybridized carbons (Fsp3) is 0.320. The van der Waals surface area contributed by atoms with Crippen molar-refractivity contribution >= 4 is 28.8 Å². The molecule has 0 bridgehead atoms. The van der Waals surface area contributed by atoms with E-state index in [2.05, 4.69) is 15.0 Å². The summed E-state index contributed by atoms with van der Waals surface area (Å²) in [6, 6.07) is 15.3. The smallest absolute Gasteiger partial charge is 0.255 e. The number of carbonyl (C=O) groups excluding carboxylic acids is 1. The number of benzene rings is 2. The summed E-state index contributed by atoms with van der Waals surface area (Å²) in [5.41, 5.74) is 3.14. The molecule has 0 aliphatic carbocycles.